The predicted octanol–water partition coefficient (Wildman–Crippen LogP) is 4.90. The number of aromatic nitrogens is 2. The lowest BCUT2D eigenvalue weighted by Crippen LogP contribution is -2.43. The molecule has 1 atom stereocenters. The summed E-state index contributed by atoms with van der Waals surface area (Å²) in [5.74, 6) is 0.835. The number of nitrogens with one attached hydrogen (secondary N) is 1. The summed E-state index contributed by atoms with van der Waals surface area (Å²) in [6.45, 7) is 9.98. The lowest BCUT2D eigenvalue weighted by atomic mass is 9.90. The highest BCUT2D eigenvalue weighted by Crippen LogP contribution is 2.29. The third-order valence-electron chi connectivity index (χ3n) is 7.09. The minimum Gasteiger partial charge on any atom is -0.494 e. The van der Waals surface area contributed by atoms with Crippen LogP contribution >= 0.6 is 0 Å². The molecule has 4 rings (SSSR count). The van der Waals surface area contributed by atoms with Crippen molar-refractivity contribution in [3.63, 3.8) is 0 Å². The molecular weight excluding hydrogens is 456 g/mol. The zero-order valence-electron chi connectivity index (χ0n) is 22.2. The quantitative estimate of drug-likeness (QED) is 0.524. The molecule has 1 aromatic carbocycles. The van der Waals surface area contributed by atoms with Gasteiger partial charge in [-0.25, -0.2) is 9.59 Å². The molecule has 1 aromatic heterocycles. The Kier molecular flexibility index (Phi) is 8.44. The van der Waals surface area contributed by atoms with E-state index in [2.05, 4.69) is 12.2 Å². The highest BCUT2D eigenvalue weighted by atomic mass is 16.6. The molecule has 2 fully saturated rings. The average Bonchev–Trinajstić information content (AvgIpc) is 3.46. The summed E-state index contributed by atoms with van der Waals surface area (Å²) >= 11 is 0. The molecular formula is C28H42N4O4. The largest absolute Gasteiger partial charge is 0.494 e. The maximum absolute atomic E-state index is 13.2. The summed E-state index contributed by atoms with van der Waals surface area (Å²) in [6.07, 6.45) is 10.6. The standard InChI is InChI=1S/C28H42N4O4/c1-5-6-19-35-25-13-11-24(12-14-25)32-18-17-31(26(32)33)23-9-7-21(8-10-23)29-22-15-16-30(20-22)27(34)36-28(2,3)4/h11-14,17-18,21-23,29H,5-10,15-16,19-20H2,1-4H3. The molecule has 1 amide bonds. The maximum Gasteiger partial charge on any atom is 0.410 e. The van der Waals surface area contributed by atoms with Crippen molar-refractivity contribution in [2.75, 3.05) is 19.7 Å². The molecule has 198 valence electrons. The molecule has 36 heavy (non-hydrogen) atoms. The van der Waals surface area contributed by atoms with Gasteiger partial charge in [-0.1, -0.05) is 13.3 Å². The molecule has 1 aliphatic carbocycles. The van der Waals surface area contributed by atoms with Gasteiger partial charge in [0.05, 0.1) is 12.3 Å². The lowest BCUT2D eigenvalue weighted by Gasteiger charge is -2.31. The minimum absolute atomic E-state index is 0.00913. The third kappa shape index (κ3) is 6.72. The van der Waals surface area contributed by atoms with Crippen molar-refractivity contribution in [3.05, 3.63) is 47.1 Å². The van der Waals surface area contributed by atoms with Gasteiger partial charge in [-0.15, -0.1) is 0 Å². The van der Waals surface area contributed by atoms with Crippen LogP contribution in [0.5, 0.6) is 5.75 Å². The molecule has 2 heterocycles. The van der Waals surface area contributed by atoms with Crippen molar-refractivity contribution in [1.82, 2.24) is 19.4 Å². The van der Waals surface area contributed by atoms with E-state index in [0.717, 1.165) is 62.9 Å². The van der Waals surface area contributed by atoms with Gasteiger partial charge in [0.1, 0.15) is 11.4 Å². The second-order valence-corrected chi connectivity index (χ2v) is 11.1. The van der Waals surface area contributed by atoms with E-state index in [1.165, 1.54) is 0 Å². The number of ether oxygens (including phenoxy) is 2. The number of imidazole rings is 1. The van der Waals surface area contributed by atoms with Crippen molar-refractivity contribution in [2.24, 2.45) is 0 Å². The van der Waals surface area contributed by atoms with Gasteiger partial charge in [-0.05, 0) is 83.6 Å². The molecule has 0 spiro atoms. The smallest absolute Gasteiger partial charge is 0.410 e. The first kappa shape index (κ1) is 26.3. The Bertz CT molecular complexity index is 1040. The normalized spacial score (nSPS) is 22.6. The monoisotopic (exact) mass is 498 g/mol. The molecule has 8 heteroatoms. The predicted molar refractivity (Wildman–Crippen MR) is 141 cm³/mol. The van der Waals surface area contributed by atoms with Crippen LogP contribution in [0.15, 0.2) is 41.5 Å². The first-order chi connectivity index (χ1) is 17.2. The number of likely N-dealkylation sites (tertiary alicyclic amines) is 1. The molecule has 2 aromatic rings. The Balaban J connectivity index is 1.27. The van der Waals surface area contributed by atoms with Crippen molar-refractivity contribution in [1.29, 1.82) is 0 Å². The van der Waals surface area contributed by atoms with Crippen LogP contribution in [0.3, 0.4) is 0 Å². The second kappa shape index (κ2) is 11.5. The first-order valence-electron chi connectivity index (χ1n) is 13.5. The van der Waals surface area contributed by atoms with Gasteiger partial charge in [0.15, 0.2) is 0 Å². The van der Waals surface area contributed by atoms with Gasteiger partial charge in [0.2, 0.25) is 0 Å². The van der Waals surface area contributed by atoms with Crippen LogP contribution in [0.2, 0.25) is 0 Å². The van der Waals surface area contributed by atoms with E-state index in [1.807, 2.05) is 62.0 Å². The number of carbonyl (C=O) groups excluding carboxylic acids is 1. The van der Waals surface area contributed by atoms with Gasteiger partial charge in [-0.3, -0.25) is 9.13 Å². The summed E-state index contributed by atoms with van der Waals surface area (Å²) in [4.78, 5) is 27.3. The number of rotatable bonds is 8. The Morgan fingerprint density at radius 3 is 2.42 bits per heavy atom. The maximum atomic E-state index is 13.2. The Morgan fingerprint density at radius 1 is 1.03 bits per heavy atom. The van der Waals surface area contributed by atoms with E-state index in [-0.39, 0.29) is 17.8 Å². The number of carbonyl (C=O) groups is 1. The third-order valence-corrected chi connectivity index (χ3v) is 7.09. The topological polar surface area (TPSA) is 77.7 Å². The number of amides is 1. The van der Waals surface area contributed by atoms with E-state index >= 15 is 0 Å². The summed E-state index contributed by atoms with van der Waals surface area (Å²) in [7, 11) is 0. The van der Waals surface area contributed by atoms with Crippen LogP contribution in [-0.2, 0) is 4.74 Å². The Labute approximate surface area is 214 Å². The van der Waals surface area contributed by atoms with E-state index < -0.39 is 5.60 Å². The van der Waals surface area contributed by atoms with Crippen molar-refractivity contribution in [3.8, 4) is 11.4 Å². The zero-order valence-corrected chi connectivity index (χ0v) is 22.2. The zero-order chi connectivity index (χ0) is 25.7. The highest BCUT2D eigenvalue weighted by molar-refractivity contribution is 5.68. The molecule has 1 unspecified atom stereocenters. The fourth-order valence-corrected chi connectivity index (χ4v) is 5.14. The molecule has 1 N–H and O–H groups in total. The van der Waals surface area contributed by atoms with Gasteiger partial charge in [-0.2, -0.15) is 0 Å². The number of benzene rings is 1. The van der Waals surface area contributed by atoms with Gasteiger partial charge >= 0.3 is 11.8 Å². The van der Waals surface area contributed by atoms with E-state index in [9.17, 15) is 9.59 Å². The Morgan fingerprint density at radius 2 is 1.75 bits per heavy atom. The fraction of sp³-hybridized carbons (Fsp3) is 0.643. The second-order valence-electron chi connectivity index (χ2n) is 11.1. The number of nitrogens with zero attached hydrogens (tertiary/aromatic N) is 3. The number of hydrogen-bond acceptors (Lipinski definition) is 5. The average molecular weight is 499 g/mol. The van der Waals surface area contributed by atoms with Crippen molar-refractivity contribution >= 4 is 6.09 Å². The Hall–Kier alpha value is -2.74. The minimum atomic E-state index is -0.468. The summed E-state index contributed by atoms with van der Waals surface area (Å²) in [5.41, 5.74) is 0.395. The van der Waals surface area contributed by atoms with E-state index in [0.29, 0.717) is 25.2 Å². The lowest BCUT2D eigenvalue weighted by molar-refractivity contribution is 0.0290. The molecule has 0 bridgehead atoms. The van der Waals surface area contributed by atoms with Crippen molar-refractivity contribution < 1.29 is 14.3 Å². The molecule has 1 saturated carbocycles. The molecule has 0 radical (unpaired) electrons. The van der Waals surface area contributed by atoms with Crippen LogP contribution in [0.4, 0.5) is 4.79 Å². The summed E-state index contributed by atoms with van der Waals surface area (Å²) in [6, 6.07) is 8.68. The van der Waals surface area contributed by atoms with Crippen LogP contribution in [-0.4, -0.2) is 57.5 Å². The van der Waals surface area contributed by atoms with E-state index in [4.69, 9.17) is 9.47 Å². The fourth-order valence-electron chi connectivity index (χ4n) is 5.14. The molecule has 1 saturated heterocycles. The van der Waals surface area contributed by atoms with Crippen LogP contribution in [0.1, 0.15) is 78.7 Å². The number of hydrogen-bond donors (Lipinski definition) is 1. The van der Waals surface area contributed by atoms with Gasteiger partial charge in [0, 0.05) is 43.6 Å². The highest BCUT2D eigenvalue weighted by Gasteiger charge is 2.32. The van der Waals surface area contributed by atoms with Crippen molar-refractivity contribution in [2.45, 2.75) is 96.4 Å². The van der Waals surface area contributed by atoms with Gasteiger partial charge < -0.3 is 19.7 Å². The SMILES string of the molecule is CCCCOc1ccc(-n2ccn(C3CCC(NC4CCN(C(=O)OC(C)(C)C)C4)CC3)c2=O)cc1. The number of unbranched alkanes of at least 4 members (excludes halogenated alkanes) is 1. The van der Waals surface area contributed by atoms with Gasteiger partial charge in [0.25, 0.3) is 0 Å². The molecule has 1 aliphatic heterocycles. The first-order valence-corrected chi connectivity index (χ1v) is 13.5. The van der Waals surface area contributed by atoms with Crippen LogP contribution in [0, 0.1) is 0 Å². The molecule has 8 nitrogen and oxygen atoms in total. The molecule has 2 aliphatic rings. The van der Waals surface area contributed by atoms with Crippen LogP contribution < -0.4 is 15.7 Å². The summed E-state index contributed by atoms with van der Waals surface area (Å²) < 4.78 is 14.9. The van der Waals surface area contributed by atoms with E-state index in [1.54, 1.807) is 9.47 Å². The van der Waals surface area contributed by atoms with Crippen LogP contribution in [0.25, 0.3) is 5.69 Å². The summed E-state index contributed by atoms with van der Waals surface area (Å²) in [5, 5.41) is 3.75.